The van der Waals surface area contributed by atoms with Gasteiger partial charge in [-0.3, -0.25) is 4.79 Å². The maximum atomic E-state index is 12.7. The van der Waals surface area contributed by atoms with Gasteiger partial charge in [-0.25, -0.2) is 13.1 Å². The van der Waals surface area contributed by atoms with E-state index in [1.807, 2.05) is 18.2 Å². The Morgan fingerprint density at radius 2 is 1.68 bits per heavy atom. The Morgan fingerprint density at radius 3 is 2.35 bits per heavy atom. The first-order valence-corrected chi connectivity index (χ1v) is 13.0. The van der Waals surface area contributed by atoms with E-state index in [2.05, 4.69) is 10.0 Å². The van der Waals surface area contributed by atoms with Crippen LogP contribution in [0.1, 0.15) is 43.2 Å². The molecule has 34 heavy (non-hydrogen) atoms. The monoisotopic (exact) mass is 490 g/mol. The van der Waals surface area contributed by atoms with Crippen LogP contribution in [0.15, 0.2) is 41.3 Å². The van der Waals surface area contributed by atoms with Crippen molar-refractivity contribution in [2.75, 3.05) is 27.4 Å². The van der Waals surface area contributed by atoms with Gasteiger partial charge in [0.05, 0.1) is 19.1 Å². The molecule has 0 radical (unpaired) electrons. The Hall–Kier alpha value is -2.78. The molecule has 1 aliphatic rings. The molecular formula is C25H34N2O6S. The average molecular weight is 491 g/mol. The summed E-state index contributed by atoms with van der Waals surface area (Å²) in [6, 6.07) is 10.3. The summed E-state index contributed by atoms with van der Waals surface area (Å²) in [7, 11) is -0.415. The highest BCUT2D eigenvalue weighted by molar-refractivity contribution is 7.89. The fourth-order valence-electron chi connectivity index (χ4n) is 4.04. The van der Waals surface area contributed by atoms with E-state index in [9.17, 15) is 13.2 Å². The summed E-state index contributed by atoms with van der Waals surface area (Å²) in [5, 5.41) is 2.83. The van der Waals surface area contributed by atoms with Crippen molar-refractivity contribution in [2.24, 2.45) is 0 Å². The molecule has 0 saturated heterocycles. The van der Waals surface area contributed by atoms with Gasteiger partial charge in [0, 0.05) is 12.6 Å². The zero-order chi connectivity index (χ0) is 24.6. The number of aryl methyl sites for hydroxylation is 1. The second kappa shape index (κ2) is 12.1. The second-order valence-corrected chi connectivity index (χ2v) is 10.2. The van der Waals surface area contributed by atoms with Crippen molar-refractivity contribution in [2.45, 2.75) is 56.4 Å². The first-order chi connectivity index (χ1) is 16.3. The molecule has 0 aromatic heterocycles. The minimum atomic E-state index is -3.58. The number of amides is 1. The van der Waals surface area contributed by atoms with Crippen molar-refractivity contribution in [3.8, 4) is 17.2 Å². The molecule has 0 unspecified atom stereocenters. The molecular weight excluding hydrogens is 456 g/mol. The fourth-order valence-corrected chi connectivity index (χ4v) is 5.43. The summed E-state index contributed by atoms with van der Waals surface area (Å²) in [5.74, 6) is 1.52. The molecule has 186 valence electrons. The van der Waals surface area contributed by atoms with Crippen molar-refractivity contribution in [1.29, 1.82) is 0 Å². The molecule has 8 nitrogen and oxygen atoms in total. The van der Waals surface area contributed by atoms with Crippen molar-refractivity contribution >= 4 is 15.9 Å². The van der Waals surface area contributed by atoms with Gasteiger partial charge < -0.3 is 19.5 Å². The van der Waals surface area contributed by atoms with E-state index < -0.39 is 10.0 Å². The van der Waals surface area contributed by atoms with E-state index >= 15 is 0 Å². The molecule has 0 spiro atoms. The molecule has 1 aliphatic carbocycles. The summed E-state index contributed by atoms with van der Waals surface area (Å²) in [6.07, 6.45) is 5.64. The lowest BCUT2D eigenvalue weighted by molar-refractivity contribution is -0.123. The van der Waals surface area contributed by atoms with E-state index in [1.54, 1.807) is 33.3 Å². The standard InChI is InChI=1S/C25H34N2O6S/c1-18-15-21(34(29,30)27-20-7-5-4-6-8-20)10-12-22(18)33-17-25(28)26-14-13-19-9-11-23(31-2)24(16-19)32-3/h9-12,15-16,20,27H,4-8,13-14,17H2,1-3H3,(H,26,28). The van der Waals surface area contributed by atoms with Crippen LogP contribution in [-0.4, -0.2) is 47.7 Å². The van der Waals surface area contributed by atoms with Crippen molar-refractivity contribution in [3.05, 3.63) is 47.5 Å². The van der Waals surface area contributed by atoms with Crippen LogP contribution in [0.3, 0.4) is 0 Å². The van der Waals surface area contributed by atoms with Gasteiger partial charge in [0.2, 0.25) is 10.0 Å². The highest BCUT2D eigenvalue weighted by Gasteiger charge is 2.22. The lowest BCUT2D eigenvalue weighted by atomic mass is 9.96. The third kappa shape index (κ3) is 7.11. The van der Waals surface area contributed by atoms with Gasteiger partial charge in [-0.05, 0) is 67.6 Å². The Morgan fingerprint density at radius 1 is 0.971 bits per heavy atom. The predicted molar refractivity (Wildman–Crippen MR) is 130 cm³/mol. The van der Waals surface area contributed by atoms with Gasteiger partial charge in [-0.15, -0.1) is 0 Å². The van der Waals surface area contributed by atoms with Gasteiger partial charge in [-0.2, -0.15) is 0 Å². The number of benzene rings is 2. The van der Waals surface area contributed by atoms with Crippen LogP contribution in [0, 0.1) is 6.92 Å². The molecule has 9 heteroatoms. The van der Waals surface area contributed by atoms with Crippen LogP contribution >= 0.6 is 0 Å². The van der Waals surface area contributed by atoms with E-state index in [0.29, 0.717) is 35.8 Å². The Kier molecular flexibility index (Phi) is 9.18. The zero-order valence-corrected chi connectivity index (χ0v) is 20.9. The maximum Gasteiger partial charge on any atom is 0.257 e. The zero-order valence-electron chi connectivity index (χ0n) is 20.1. The molecule has 1 saturated carbocycles. The summed E-state index contributed by atoms with van der Waals surface area (Å²) in [5.41, 5.74) is 1.66. The number of hydrogen-bond donors (Lipinski definition) is 2. The number of nitrogens with one attached hydrogen (secondary N) is 2. The SMILES string of the molecule is COc1ccc(CCNC(=O)COc2ccc(S(=O)(=O)NC3CCCCC3)cc2C)cc1OC. The maximum absolute atomic E-state index is 12.7. The largest absolute Gasteiger partial charge is 0.493 e. The lowest BCUT2D eigenvalue weighted by Gasteiger charge is -2.22. The van der Waals surface area contributed by atoms with Gasteiger partial charge in [-0.1, -0.05) is 25.3 Å². The highest BCUT2D eigenvalue weighted by atomic mass is 32.2. The third-order valence-corrected chi connectivity index (χ3v) is 7.44. The molecule has 2 aromatic rings. The van der Waals surface area contributed by atoms with E-state index in [4.69, 9.17) is 14.2 Å². The number of carbonyl (C=O) groups excluding carboxylic acids is 1. The quantitative estimate of drug-likeness (QED) is 0.501. The minimum absolute atomic E-state index is 0.00215. The molecule has 2 N–H and O–H groups in total. The highest BCUT2D eigenvalue weighted by Crippen LogP contribution is 2.27. The average Bonchev–Trinajstić information content (AvgIpc) is 2.83. The van der Waals surface area contributed by atoms with Crippen molar-refractivity contribution in [1.82, 2.24) is 10.0 Å². The molecule has 1 fully saturated rings. The Balaban J connectivity index is 1.48. The lowest BCUT2D eigenvalue weighted by Crippen LogP contribution is -2.36. The number of rotatable bonds is 11. The Bertz CT molecular complexity index is 1080. The number of ether oxygens (including phenoxy) is 3. The number of sulfonamides is 1. The second-order valence-electron chi connectivity index (χ2n) is 8.46. The molecule has 0 atom stereocenters. The minimum Gasteiger partial charge on any atom is -0.493 e. The van der Waals surface area contributed by atoms with Crippen LogP contribution < -0.4 is 24.2 Å². The molecule has 2 aromatic carbocycles. The first kappa shape index (κ1) is 25.8. The van der Waals surface area contributed by atoms with Crippen molar-refractivity contribution < 1.29 is 27.4 Å². The summed E-state index contributed by atoms with van der Waals surface area (Å²) in [6.45, 7) is 2.06. The van der Waals surface area contributed by atoms with Gasteiger partial charge in [0.1, 0.15) is 5.75 Å². The first-order valence-electron chi connectivity index (χ1n) is 11.6. The van der Waals surface area contributed by atoms with Crippen molar-refractivity contribution in [3.63, 3.8) is 0 Å². The number of hydrogen-bond acceptors (Lipinski definition) is 6. The smallest absolute Gasteiger partial charge is 0.257 e. The van der Waals surface area contributed by atoms with Gasteiger partial charge in [0.15, 0.2) is 18.1 Å². The van der Waals surface area contributed by atoms with E-state index in [0.717, 1.165) is 37.7 Å². The van der Waals surface area contributed by atoms with Gasteiger partial charge >= 0.3 is 0 Å². The summed E-state index contributed by atoms with van der Waals surface area (Å²) >= 11 is 0. The van der Waals surface area contributed by atoms with Crippen LogP contribution in [0.4, 0.5) is 0 Å². The summed E-state index contributed by atoms with van der Waals surface area (Å²) in [4.78, 5) is 12.4. The summed E-state index contributed by atoms with van der Waals surface area (Å²) < 4.78 is 44.4. The van der Waals surface area contributed by atoms with E-state index in [-0.39, 0.29) is 23.5 Å². The fraction of sp³-hybridized carbons (Fsp3) is 0.480. The van der Waals surface area contributed by atoms with Crippen LogP contribution in [0.5, 0.6) is 17.2 Å². The Labute approximate surface area is 202 Å². The van der Waals surface area contributed by atoms with Crippen LogP contribution in [0.2, 0.25) is 0 Å². The molecule has 0 aliphatic heterocycles. The third-order valence-electron chi connectivity index (χ3n) is 5.93. The molecule has 1 amide bonds. The molecule has 0 heterocycles. The van der Waals surface area contributed by atoms with Crippen LogP contribution in [-0.2, 0) is 21.2 Å². The predicted octanol–water partition coefficient (Wildman–Crippen LogP) is 3.36. The topological polar surface area (TPSA) is 103 Å². The molecule has 0 bridgehead atoms. The number of carbonyl (C=O) groups is 1. The normalized spacial score (nSPS) is 14.4. The molecule has 3 rings (SSSR count). The number of methoxy groups -OCH3 is 2. The van der Waals surface area contributed by atoms with E-state index in [1.165, 1.54) is 6.07 Å². The van der Waals surface area contributed by atoms with Crippen LogP contribution in [0.25, 0.3) is 0 Å². The van der Waals surface area contributed by atoms with Gasteiger partial charge in [0.25, 0.3) is 5.91 Å².